The number of fused-ring (bicyclic) bond motifs is 1. The van der Waals surface area contributed by atoms with Gasteiger partial charge >= 0.3 is 0 Å². The molecule has 2 heteroatoms. The topological polar surface area (TPSA) is 35.2 Å². The van der Waals surface area contributed by atoms with E-state index in [0.717, 1.165) is 19.4 Å². The van der Waals surface area contributed by atoms with Gasteiger partial charge in [-0.2, -0.15) is 0 Å². The van der Waals surface area contributed by atoms with Gasteiger partial charge in [0, 0.05) is 12.6 Å². The van der Waals surface area contributed by atoms with Gasteiger partial charge in [-0.3, -0.25) is 0 Å². The normalized spacial score (nSPS) is 28.5. The zero-order valence-electron chi connectivity index (χ0n) is 10.3. The van der Waals surface area contributed by atoms with E-state index in [2.05, 4.69) is 24.3 Å². The summed E-state index contributed by atoms with van der Waals surface area (Å²) in [5.41, 5.74) is 9.28. The molecule has 1 aromatic rings. The summed E-state index contributed by atoms with van der Waals surface area (Å²) in [6, 6.07) is 9.05. The van der Waals surface area contributed by atoms with Crippen molar-refractivity contribution < 1.29 is 4.74 Å². The van der Waals surface area contributed by atoms with Gasteiger partial charge in [-0.15, -0.1) is 0 Å². The van der Waals surface area contributed by atoms with Crippen LogP contribution in [0.3, 0.4) is 0 Å². The first-order valence-electron chi connectivity index (χ1n) is 6.78. The second-order valence-corrected chi connectivity index (χ2v) is 5.47. The highest BCUT2D eigenvalue weighted by molar-refractivity contribution is 5.39. The Morgan fingerprint density at radius 2 is 2.18 bits per heavy atom. The Labute approximate surface area is 103 Å². The van der Waals surface area contributed by atoms with Gasteiger partial charge < -0.3 is 10.5 Å². The summed E-state index contributed by atoms with van der Waals surface area (Å²) in [5, 5.41) is 0. The molecule has 2 aliphatic rings. The first kappa shape index (κ1) is 11.2. The average Bonchev–Trinajstić information content (AvgIpc) is 2.79. The van der Waals surface area contributed by atoms with Crippen molar-refractivity contribution in [3.05, 3.63) is 35.4 Å². The van der Waals surface area contributed by atoms with Crippen LogP contribution in [0, 0.1) is 0 Å². The quantitative estimate of drug-likeness (QED) is 0.864. The minimum Gasteiger partial charge on any atom is -0.378 e. The molecule has 1 heterocycles. The summed E-state index contributed by atoms with van der Waals surface area (Å²) in [5.74, 6) is 0.697. The zero-order chi connectivity index (χ0) is 11.7. The number of rotatable bonds is 4. The fourth-order valence-corrected chi connectivity index (χ4v) is 3.20. The number of hydrogen-bond donors (Lipinski definition) is 1. The van der Waals surface area contributed by atoms with Crippen LogP contribution in [0.1, 0.15) is 42.7 Å². The molecule has 92 valence electrons. The fourth-order valence-electron chi connectivity index (χ4n) is 3.20. The molecule has 1 aliphatic heterocycles. The minimum absolute atomic E-state index is 0.302. The third-order valence-corrected chi connectivity index (χ3v) is 4.14. The van der Waals surface area contributed by atoms with E-state index in [1.54, 1.807) is 0 Å². The van der Waals surface area contributed by atoms with Crippen LogP contribution in [0.15, 0.2) is 24.3 Å². The Morgan fingerprint density at radius 3 is 2.94 bits per heavy atom. The van der Waals surface area contributed by atoms with Crippen LogP contribution in [0.5, 0.6) is 0 Å². The monoisotopic (exact) mass is 231 g/mol. The molecule has 0 aromatic heterocycles. The molecule has 3 rings (SSSR count). The third kappa shape index (κ3) is 2.38. The first-order valence-corrected chi connectivity index (χ1v) is 6.78. The Bertz CT molecular complexity index is 384. The van der Waals surface area contributed by atoms with Crippen LogP contribution >= 0.6 is 0 Å². The Balaban J connectivity index is 1.51. The van der Waals surface area contributed by atoms with Gasteiger partial charge in [0.1, 0.15) is 0 Å². The van der Waals surface area contributed by atoms with Crippen molar-refractivity contribution in [1.82, 2.24) is 0 Å². The van der Waals surface area contributed by atoms with Crippen molar-refractivity contribution >= 4 is 0 Å². The van der Waals surface area contributed by atoms with Crippen LogP contribution in [0.2, 0.25) is 0 Å². The maximum atomic E-state index is 6.24. The second kappa shape index (κ2) is 4.79. The summed E-state index contributed by atoms with van der Waals surface area (Å²) in [4.78, 5) is 0. The van der Waals surface area contributed by atoms with Gasteiger partial charge in [0.05, 0.1) is 6.10 Å². The molecule has 1 saturated heterocycles. The molecule has 0 amide bonds. The SMILES string of the molecule is NC(CC1CCCO1)CC1Cc2ccccc21. The smallest absolute Gasteiger partial charge is 0.0590 e. The highest BCUT2D eigenvalue weighted by Crippen LogP contribution is 2.38. The molecule has 17 heavy (non-hydrogen) atoms. The van der Waals surface area contributed by atoms with Crippen LogP contribution in [0.25, 0.3) is 0 Å². The molecule has 1 aromatic carbocycles. The van der Waals surface area contributed by atoms with Gasteiger partial charge in [0.2, 0.25) is 0 Å². The number of benzene rings is 1. The largest absolute Gasteiger partial charge is 0.378 e. The highest BCUT2D eigenvalue weighted by atomic mass is 16.5. The Morgan fingerprint density at radius 1 is 1.29 bits per heavy atom. The van der Waals surface area contributed by atoms with Gasteiger partial charge in [0.15, 0.2) is 0 Å². The van der Waals surface area contributed by atoms with Gasteiger partial charge in [-0.25, -0.2) is 0 Å². The van der Waals surface area contributed by atoms with E-state index < -0.39 is 0 Å². The van der Waals surface area contributed by atoms with Gasteiger partial charge in [-0.1, -0.05) is 24.3 Å². The predicted octanol–water partition coefficient (Wildman–Crippen LogP) is 2.61. The molecule has 0 radical (unpaired) electrons. The van der Waals surface area contributed by atoms with Crippen molar-refractivity contribution in [2.45, 2.75) is 50.2 Å². The van der Waals surface area contributed by atoms with E-state index in [-0.39, 0.29) is 0 Å². The average molecular weight is 231 g/mol. The lowest BCUT2D eigenvalue weighted by atomic mass is 9.74. The second-order valence-electron chi connectivity index (χ2n) is 5.47. The van der Waals surface area contributed by atoms with Crippen LogP contribution in [-0.2, 0) is 11.2 Å². The Kier molecular flexibility index (Phi) is 3.17. The van der Waals surface area contributed by atoms with Gasteiger partial charge in [-0.05, 0) is 49.1 Å². The minimum atomic E-state index is 0.302. The summed E-state index contributed by atoms with van der Waals surface area (Å²) >= 11 is 0. The Hall–Kier alpha value is -0.860. The molecular formula is C15H21NO. The van der Waals surface area contributed by atoms with Crippen LogP contribution < -0.4 is 5.73 Å². The maximum Gasteiger partial charge on any atom is 0.0590 e. The van der Waals surface area contributed by atoms with Crippen LogP contribution in [0.4, 0.5) is 0 Å². The molecule has 1 aliphatic carbocycles. The van der Waals surface area contributed by atoms with Gasteiger partial charge in [0.25, 0.3) is 0 Å². The van der Waals surface area contributed by atoms with E-state index in [9.17, 15) is 0 Å². The van der Waals surface area contributed by atoms with E-state index in [4.69, 9.17) is 10.5 Å². The summed E-state index contributed by atoms with van der Waals surface area (Å²) in [7, 11) is 0. The third-order valence-electron chi connectivity index (χ3n) is 4.14. The molecule has 3 unspecified atom stereocenters. The van der Waals surface area contributed by atoms with Crippen molar-refractivity contribution in [2.75, 3.05) is 6.61 Å². The van der Waals surface area contributed by atoms with Crippen molar-refractivity contribution in [3.8, 4) is 0 Å². The van der Waals surface area contributed by atoms with Crippen molar-refractivity contribution in [3.63, 3.8) is 0 Å². The first-order chi connectivity index (χ1) is 8.33. The van der Waals surface area contributed by atoms with E-state index in [1.165, 1.54) is 30.4 Å². The summed E-state index contributed by atoms with van der Waals surface area (Å²) in [6.07, 6.45) is 6.23. The maximum absolute atomic E-state index is 6.24. The highest BCUT2D eigenvalue weighted by Gasteiger charge is 2.28. The summed E-state index contributed by atoms with van der Waals surface area (Å²) in [6.45, 7) is 0.934. The number of nitrogens with two attached hydrogens (primary N) is 1. The van der Waals surface area contributed by atoms with Crippen molar-refractivity contribution in [2.24, 2.45) is 5.73 Å². The van der Waals surface area contributed by atoms with E-state index in [1.807, 2.05) is 0 Å². The zero-order valence-corrected chi connectivity index (χ0v) is 10.3. The molecule has 0 bridgehead atoms. The molecule has 0 spiro atoms. The summed E-state index contributed by atoms with van der Waals surface area (Å²) < 4.78 is 5.65. The molecule has 3 atom stereocenters. The lowest BCUT2D eigenvalue weighted by Crippen LogP contribution is -2.31. The number of ether oxygens (including phenoxy) is 1. The molecule has 2 nitrogen and oxygen atoms in total. The fraction of sp³-hybridized carbons (Fsp3) is 0.600. The van der Waals surface area contributed by atoms with E-state index >= 15 is 0 Å². The molecular weight excluding hydrogens is 210 g/mol. The van der Waals surface area contributed by atoms with E-state index in [0.29, 0.717) is 18.1 Å². The lowest BCUT2D eigenvalue weighted by molar-refractivity contribution is 0.0966. The number of hydrogen-bond acceptors (Lipinski definition) is 2. The lowest BCUT2D eigenvalue weighted by Gasteiger charge is -2.32. The van der Waals surface area contributed by atoms with Crippen molar-refractivity contribution in [1.29, 1.82) is 0 Å². The molecule has 0 saturated carbocycles. The predicted molar refractivity (Wildman–Crippen MR) is 69.1 cm³/mol. The van der Waals surface area contributed by atoms with Crippen LogP contribution in [-0.4, -0.2) is 18.8 Å². The molecule has 2 N–H and O–H groups in total. The molecule has 1 fully saturated rings. The standard InChI is InChI=1S/C15H21NO/c16-13(10-14-5-3-7-17-14)9-12-8-11-4-1-2-6-15(11)12/h1-2,4,6,12-14H,3,5,7-10,16H2.